The van der Waals surface area contributed by atoms with Crippen LogP contribution in [0.25, 0.3) is 10.6 Å². The van der Waals surface area contributed by atoms with E-state index in [-0.39, 0.29) is 30.9 Å². The first-order valence-electron chi connectivity index (χ1n) is 8.43. The summed E-state index contributed by atoms with van der Waals surface area (Å²) in [5, 5.41) is 12.5. The number of aliphatic carboxylic acids is 1. The van der Waals surface area contributed by atoms with Crippen LogP contribution in [0.4, 0.5) is 9.18 Å². The van der Waals surface area contributed by atoms with Crippen LogP contribution >= 0.6 is 11.3 Å². The van der Waals surface area contributed by atoms with Crippen LogP contribution in [0.3, 0.4) is 0 Å². The maximum Gasteiger partial charge on any atom is 0.317 e. The molecular formula is C18H20FN3O3S. The smallest absolute Gasteiger partial charge is 0.317 e. The zero-order chi connectivity index (χ0) is 18.7. The number of carbonyl (C=O) groups is 2. The maximum atomic E-state index is 13.1. The normalized spacial score (nSPS) is 16.0. The van der Waals surface area contributed by atoms with Crippen LogP contribution < -0.4 is 5.32 Å². The van der Waals surface area contributed by atoms with Crippen molar-refractivity contribution in [2.75, 3.05) is 13.6 Å². The number of halogens is 1. The van der Waals surface area contributed by atoms with E-state index in [0.717, 1.165) is 40.4 Å². The van der Waals surface area contributed by atoms with Gasteiger partial charge < -0.3 is 15.3 Å². The first kappa shape index (κ1) is 18.3. The number of hydrogen-bond donors (Lipinski definition) is 2. The van der Waals surface area contributed by atoms with Crippen molar-refractivity contribution in [2.24, 2.45) is 0 Å². The van der Waals surface area contributed by atoms with Crippen molar-refractivity contribution in [3.8, 4) is 10.6 Å². The van der Waals surface area contributed by atoms with E-state index in [1.807, 2.05) is 0 Å². The minimum atomic E-state index is -0.937. The monoisotopic (exact) mass is 377 g/mol. The van der Waals surface area contributed by atoms with Gasteiger partial charge in [0.05, 0.1) is 18.2 Å². The van der Waals surface area contributed by atoms with E-state index < -0.39 is 5.97 Å². The molecule has 2 amide bonds. The molecule has 138 valence electrons. The van der Waals surface area contributed by atoms with Crippen LogP contribution in [0.15, 0.2) is 24.3 Å². The third-order valence-corrected chi connectivity index (χ3v) is 5.53. The molecule has 1 unspecified atom stereocenters. The number of carboxylic acids is 1. The molecule has 3 rings (SSSR count). The van der Waals surface area contributed by atoms with Crippen LogP contribution in [-0.2, 0) is 11.2 Å². The average molecular weight is 377 g/mol. The number of aryl methyl sites for hydroxylation is 1. The van der Waals surface area contributed by atoms with Crippen molar-refractivity contribution in [3.63, 3.8) is 0 Å². The lowest BCUT2D eigenvalue weighted by Crippen LogP contribution is -2.41. The lowest BCUT2D eigenvalue weighted by Gasteiger charge is -2.25. The molecule has 0 aliphatic heterocycles. The standard InChI is InChI=1S/C18H20FN3O3S/c1-22(10-9-15(23)24)18(25)20-13-3-2-4-14-16(13)21-17(26-14)11-5-7-12(19)8-6-11/h5-8,13H,2-4,9-10H2,1H3,(H,20,25)(H,23,24). The zero-order valence-corrected chi connectivity index (χ0v) is 15.2. The second-order valence-corrected chi connectivity index (χ2v) is 7.38. The molecule has 1 aromatic heterocycles. The van der Waals surface area contributed by atoms with Crippen LogP contribution in [0.1, 0.15) is 35.9 Å². The summed E-state index contributed by atoms with van der Waals surface area (Å²) >= 11 is 1.57. The Hall–Kier alpha value is -2.48. The predicted octanol–water partition coefficient (Wildman–Crippen LogP) is 3.44. The summed E-state index contributed by atoms with van der Waals surface area (Å²) < 4.78 is 13.1. The highest BCUT2D eigenvalue weighted by Crippen LogP contribution is 2.37. The van der Waals surface area contributed by atoms with Gasteiger partial charge in [-0.05, 0) is 43.5 Å². The third kappa shape index (κ3) is 4.19. The molecular weight excluding hydrogens is 357 g/mol. The highest BCUT2D eigenvalue weighted by Gasteiger charge is 2.27. The van der Waals surface area contributed by atoms with Gasteiger partial charge in [-0.25, -0.2) is 14.2 Å². The fourth-order valence-corrected chi connectivity index (χ4v) is 4.07. The number of nitrogens with one attached hydrogen (secondary N) is 1. The van der Waals surface area contributed by atoms with Gasteiger partial charge in [0, 0.05) is 24.0 Å². The van der Waals surface area contributed by atoms with Crippen LogP contribution in [0.2, 0.25) is 0 Å². The van der Waals surface area contributed by atoms with Gasteiger partial charge in [0.1, 0.15) is 10.8 Å². The minimum Gasteiger partial charge on any atom is -0.481 e. The molecule has 0 saturated heterocycles. The van der Waals surface area contributed by atoms with Crippen molar-refractivity contribution in [1.82, 2.24) is 15.2 Å². The lowest BCUT2D eigenvalue weighted by atomic mass is 9.98. The molecule has 0 radical (unpaired) electrons. The fourth-order valence-electron chi connectivity index (χ4n) is 2.90. The molecule has 0 fully saturated rings. The fraction of sp³-hybridized carbons (Fsp3) is 0.389. The first-order valence-corrected chi connectivity index (χ1v) is 9.24. The molecule has 2 aromatic rings. The molecule has 0 spiro atoms. The van der Waals surface area contributed by atoms with Gasteiger partial charge in [-0.15, -0.1) is 11.3 Å². The Kier molecular flexibility index (Phi) is 5.51. The molecule has 2 N–H and O–H groups in total. The van der Waals surface area contributed by atoms with Gasteiger partial charge in [-0.2, -0.15) is 0 Å². The quantitative estimate of drug-likeness (QED) is 0.836. The van der Waals surface area contributed by atoms with Crippen LogP contribution in [-0.4, -0.2) is 40.6 Å². The minimum absolute atomic E-state index is 0.0920. The van der Waals surface area contributed by atoms with Crippen molar-refractivity contribution in [1.29, 1.82) is 0 Å². The number of carbonyl (C=O) groups excluding carboxylic acids is 1. The van der Waals surface area contributed by atoms with Gasteiger partial charge in [0.15, 0.2) is 0 Å². The summed E-state index contributed by atoms with van der Waals surface area (Å²) in [5.41, 5.74) is 1.72. The summed E-state index contributed by atoms with van der Waals surface area (Å²) in [5.74, 6) is -1.22. The number of rotatable bonds is 5. The van der Waals surface area contributed by atoms with E-state index in [2.05, 4.69) is 10.3 Å². The number of thiazole rings is 1. The molecule has 1 aliphatic rings. The molecule has 1 atom stereocenters. The SMILES string of the molecule is CN(CCC(=O)O)C(=O)NC1CCCc2sc(-c3ccc(F)cc3)nc21. The first-order chi connectivity index (χ1) is 12.4. The molecule has 1 aromatic carbocycles. The molecule has 1 aliphatic carbocycles. The Balaban J connectivity index is 1.73. The van der Waals surface area contributed by atoms with E-state index in [1.54, 1.807) is 30.5 Å². The van der Waals surface area contributed by atoms with Gasteiger partial charge in [-0.3, -0.25) is 4.79 Å². The molecule has 8 heteroatoms. The Bertz CT molecular complexity index is 807. The van der Waals surface area contributed by atoms with E-state index in [0.29, 0.717) is 0 Å². The predicted molar refractivity (Wildman–Crippen MR) is 96.6 cm³/mol. The zero-order valence-electron chi connectivity index (χ0n) is 14.4. The Morgan fingerprint density at radius 2 is 2.12 bits per heavy atom. The molecule has 0 saturated carbocycles. The number of benzene rings is 1. The van der Waals surface area contributed by atoms with Crippen LogP contribution in [0, 0.1) is 5.82 Å². The van der Waals surface area contributed by atoms with Crippen molar-refractivity contribution >= 4 is 23.3 Å². The van der Waals surface area contributed by atoms with Gasteiger partial charge in [-0.1, -0.05) is 0 Å². The summed E-state index contributed by atoms with van der Waals surface area (Å²) in [6.45, 7) is 0.151. The Morgan fingerprint density at radius 1 is 1.38 bits per heavy atom. The molecule has 26 heavy (non-hydrogen) atoms. The van der Waals surface area contributed by atoms with E-state index in [9.17, 15) is 14.0 Å². The maximum absolute atomic E-state index is 13.1. The van der Waals surface area contributed by atoms with Gasteiger partial charge in [0.2, 0.25) is 0 Å². The number of aromatic nitrogens is 1. The summed E-state index contributed by atoms with van der Waals surface area (Å²) in [7, 11) is 1.58. The second kappa shape index (κ2) is 7.82. The molecule has 0 bridgehead atoms. The highest BCUT2D eigenvalue weighted by molar-refractivity contribution is 7.15. The summed E-state index contributed by atoms with van der Waals surface area (Å²) in [6, 6.07) is 5.72. The van der Waals surface area contributed by atoms with E-state index >= 15 is 0 Å². The largest absolute Gasteiger partial charge is 0.481 e. The Labute approximate surface area is 154 Å². The topological polar surface area (TPSA) is 82.5 Å². The van der Waals surface area contributed by atoms with Crippen molar-refractivity contribution in [3.05, 3.63) is 40.7 Å². The molecule has 1 heterocycles. The Morgan fingerprint density at radius 3 is 2.81 bits per heavy atom. The number of nitrogens with zero attached hydrogens (tertiary/aromatic N) is 2. The summed E-state index contributed by atoms with van der Waals surface area (Å²) in [4.78, 5) is 30.1. The number of amides is 2. The number of hydrogen-bond acceptors (Lipinski definition) is 4. The number of fused-ring (bicyclic) bond motifs is 1. The van der Waals surface area contributed by atoms with Gasteiger partial charge >= 0.3 is 12.0 Å². The van der Waals surface area contributed by atoms with E-state index in [4.69, 9.17) is 5.11 Å². The number of carboxylic acid groups (broad SMARTS) is 1. The second-order valence-electron chi connectivity index (χ2n) is 6.29. The number of urea groups is 1. The average Bonchev–Trinajstić information content (AvgIpc) is 3.05. The highest BCUT2D eigenvalue weighted by atomic mass is 32.1. The van der Waals surface area contributed by atoms with E-state index in [1.165, 1.54) is 17.0 Å². The lowest BCUT2D eigenvalue weighted by molar-refractivity contribution is -0.137. The van der Waals surface area contributed by atoms with Crippen LogP contribution in [0.5, 0.6) is 0 Å². The van der Waals surface area contributed by atoms with Gasteiger partial charge in [0.25, 0.3) is 0 Å². The van der Waals surface area contributed by atoms with Crippen molar-refractivity contribution < 1.29 is 19.1 Å². The summed E-state index contributed by atoms with van der Waals surface area (Å²) in [6.07, 6.45) is 2.56. The van der Waals surface area contributed by atoms with Crippen molar-refractivity contribution in [2.45, 2.75) is 31.7 Å². The molecule has 6 nitrogen and oxygen atoms in total. The third-order valence-electron chi connectivity index (χ3n) is 4.35.